The van der Waals surface area contributed by atoms with E-state index in [1.54, 1.807) is 6.33 Å². The van der Waals surface area contributed by atoms with E-state index < -0.39 is 0 Å². The summed E-state index contributed by atoms with van der Waals surface area (Å²) in [6.45, 7) is 0.785. The van der Waals surface area contributed by atoms with Gasteiger partial charge in [0.25, 0.3) is 0 Å². The van der Waals surface area contributed by atoms with Crippen molar-refractivity contribution in [3.63, 3.8) is 0 Å². The highest BCUT2D eigenvalue weighted by atomic mass is 16.5. The average molecular weight is 208 g/mol. The molecule has 3 rings (SSSR count). The van der Waals surface area contributed by atoms with Gasteiger partial charge in [0, 0.05) is 13.1 Å². The van der Waals surface area contributed by atoms with Crippen LogP contribution in [0.25, 0.3) is 0 Å². The molecule has 0 spiro atoms. The molecule has 3 unspecified atom stereocenters. The van der Waals surface area contributed by atoms with Crippen LogP contribution >= 0.6 is 0 Å². The van der Waals surface area contributed by atoms with Gasteiger partial charge >= 0.3 is 0 Å². The van der Waals surface area contributed by atoms with Crippen LogP contribution in [0.3, 0.4) is 0 Å². The second kappa shape index (κ2) is 3.57. The van der Waals surface area contributed by atoms with Crippen molar-refractivity contribution >= 4 is 0 Å². The SMILES string of the molecule is Cn1cnnc1CNC1CC2CCC1O2. The molecule has 0 aliphatic carbocycles. The van der Waals surface area contributed by atoms with Crippen LogP contribution in [0.5, 0.6) is 0 Å². The lowest BCUT2D eigenvalue weighted by atomic mass is 9.95. The van der Waals surface area contributed by atoms with Gasteiger partial charge in [0.1, 0.15) is 12.2 Å². The number of hydrogen-bond acceptors (Lipinski definition) is 4. The summed E-state index contributed by atoms with van der Waals surface area (Å²) in [5.74, 6) is 0.984. The van der Waals surface area contributed by atoms with E-state index in [2.05, 4.69) is 15.5 Å². The van der Waals surface area contributed by atoms with Gasteiger partial charge in [-0.15, -0.1) is 10.2 Å². The lowest BCUT2D eigenvalue weighted by molar-refractivity contribution is 0.0972. The summed E-state index contributed by atoms with van der Waals surface area (Å²) in [7, 11) is 1.97. The molecule has 5 nitrogen and oxygen atoms in total. The Labute approximate surface area is 88.8 Å². The van der Waals surface area contributed by atoms with Gasteiger partial charge in [-0.3, -0.25) is 0 Å². The number of nitrogens with one attached hydrogen (secondary N) is 1. The van der Waals surface area contributed by atoms with E-state index in [0.717, 1.165) is 18.8 Å². The second-order valence-electron chi connectivity index (χ2n) is 4.46. The molecule has 2 fully saturated rings. The first-order valence-electron chi connectivity index (χ1n) is 5.54. The van der Waals surface area contributed by atoms with Crippen molar-refractivity contribution in [2.45, 2.75) is 44.1 Å². The minimum atomic E-state index is 0.434. The van der Waals surface area contributed by atoms with E-state index in [0.29, 0.717) is 18.2 Å². The smallest absolute Gasteiger partial charge is 0.146 e. The molecule has 3 heterocycles. The van der Waals surface area contributed by atoms with Crippen LogP contribution in [0, 0.1) is 0 Å². The van der Waals surface area contributed by atoms with Gasteiger partial charge in [-0.25, -0.2) is 0 Å². The fraction of sp³-hybridized carbons (Fsp3) is 0.800. The third-order valence-corrected chi connectivity index (χ3v) is 3.43. The molecule has 1 aromatic heterocycles. The molecule has 0 amide bonds. The zero-order valence-electron chi connectivity index (χ0n) is 8.89. The highest BCUT2D eigenvalue weighted by molar-refractivity contribution is 4.95. The van der Waals surface area contributed by atoms with Gasteiger partial charge in [0.05, 0.1) is 18.8 Å². The third kappa shape index (κ3) is 1.66. The summed E-state index contributed by atoms with van der Waals surface area (Å²) < 4.78 is 7.73. The van der Waals surface area contributed by atoms with Crippen molar-refractivity contribution in [1.29, 1.82) is 0 Å². The Morgan fingerprint density at radius 3 is 3.13 bits per heavy atom. The summed E-state index contributed by atoms with van der Waals surface area (Å²) in [4.78, 5) is 0. The van der Waals surface area contributed by atoms with Gasteiger partial charge in [-0.1, -0.05) is 0 Å². The standard InChI is InChI=1S/C10H16N4O/c1-14-6-12-13-10(14)5-11-8-4-7-2-3-9(8)15-7/h6-9,11H,2-5H2,1H3. The molecule has 3 atom stereocenters. The first-order chi connectivity index (χ1) is 7.33. The average Bonchev–Trinajstić information content (AvgIpc) is 2.90. The van der Waals surface area contributed by atoms with Crippen LogP contribution in [0.1, 0.15) is 25.1 Å². The maximum Gasteiger partial charge on any atom is 0.146 e. The number of ether oxygens (including phenoxy) is 1. The summed E-state index contributed by atoms with van der Waals surface area (Å²) in [6, 6.07) is 0.514. The topological polar surface area (TPSA) is 52.0 Å². The Morgan fingerprint density at radius 2 is 2.53 bits per heavy atom. The van der Waals surface area contributed by atoms with Crippen molar-refractivity contribution in [3.8, 4) is 0 Å². The summed E-state index contributed by atoms with van der Waals surface area (Å²) >= 11 is 0. The molecule has 1 aromatic rings. The number of rotatable bonds is 3. The van der Waals surface area contributed by atoms with E-state index in [1.807, 2.05) is 11.6 Å². The van der Waals surface area contributed by atoms with Crippen molar-refractivity contribution in [2.24, 2.45) is 7.05 Å². The summed E-state index contributed by atoms with van der Waals surface area (Å²) in [6.07, 6.45) is 6.28. The zero-order chi connectivity index (χ0) is 10.3. The number of aromatic nitrogens is 3. The molecule has 2 aliphatic rings. The van der Waals surface area contributed by atoms with E-state index >= 15 is 0 Å². The predicted octanol–water partition coefficient (Wildman–Crippen LogP) is 0.225. The maximum atomic E-state index is 5.78. The van der Waals surface area contributed by atoms with Gasteiger partial charge < -0.3 is 14.6 Å². The van der Waals surface area contributed by atoms with Gasteiger partial charge in [0.15, 0.2) is 0 Å². The number of aryl methyl sites for hydroxylation is 1. The molecule has 2 bridgehead atoms. The monoisotopic (exact) mass is 208 g/mol. The second-order valence-corrected chi connectivity index (χ2v) is 4.46. The molecule has 1 N–H and O–H groups in total. The van der Waals surface area contributed by atoms with Gasteiger partial charge in [0.2, 0.25) is 0 Å². The minimum Gasteiger partial charge on any atom is -0.373 e. The van der Waals surface area contributed by atoms with Gasteiger partial charge in [-0.05, 0) is 19.3 Å². The van der Waals surface area contributed by atoms with Crippen LogP contribution in [0.4, 0.5) is 0 Å². The Hall–Kier alpha value is -0.940. The van der Waals surface area contributed by atoms with Gasteiger partial charge in [-0.2, -0.15) is 0 Å². The fourth-order valence-electron chi connectivity index (χ4n) is 2.54. The zero-order valence-corrected chi connectivity index (χ0v) is 8.89. The number of fused-ring (bicyclic) bond motifs is 2. The molecule has 82 valence electrons. The lowest BCUT2D eigenvalue weighted by Gasteiger charge is -2.19. The van der Waals surface area contributed by atoms with Crippen LogP contribution in [0.15, 0.2) is 6.33 Å². The normalized spacial score (nSPS) is 33.8. The molecule has 0 saturated carbocycles. The van der Waals surface area contributed by atoms with Crippen molar-refractivity contribution in [2.75, 3.05) is 0 Å². The quantitative estimate of drug-likeness (QED) is 0.772. The summed E-state index contributed by atoms with van der Waals surface area (Å²) in [5, 5.41) is 11.4. The molecular weight excluding hydrogens is 192 g/mol. The molecular formula is C10H16N4O. The van der Waals surface area contributed by atoms with Crippen LogP contribution in [-0.4, -0.2) is 33.0 Å². The molecule has 0 aromatic carbocycles. The van der Waals surface area contributed by atoms with Crippen LogP contribution < -0.4 is 5.32 Å². The van der Waals surface area contributed by atoms with Crippen molar-refractivity contribution < 1.29 is 4.74 Å². The Kier molecular flexibility index (Phi) is 2.21. The number of nitrogens with zero attached hydrogens (tertiary/aromatic N) is 3. The summed E-state index contributed by atoms with van der Waals surface area (Å²) in [5.41, 5.74) is 0. The highest BCUT2D eigenvalue weighted by Gasteiger charge is 2.40. The largest absolute Gasteiger partial charge is 0.373 e. The van der Waals surface area contributed by atoms with E-state index in [4.69, 9.17) is 4.74 Å². The molecule has 2 aliphatic heterocycles. The van der Waals surface area contributed by atoms with E-state index in [-0.39, 0.29) is 0 Å². The first-order valence-corrected chi connectivity index (χ1v) is 5.54. The minimum absolute atomic E-state index is 0.434. The third-order valence-electron chi connectivity index (χ3n) is 3.43. The maximum absolute atomic E-state index is 5.78. The van der Waals surface area contributed by atoms with E-state index in [9.17, 15) is 0 Å². The predicted molar refractivity (Wildman–Crippen MR) is 54.1 cm³/mol. The molecule has 5 heteroatoms. The van der Waals surface area contributed by atoms with E-state index in [1.165, 1.54) is 12.8 Å². The Balaban J connectivity index is 1.57. The Morgan fingerprint density at radius 1 is 1.60 bits per heavy atom. The van der Waals surface area contributed by atoms with Crippen LogP contribution in [0.2, 0.25) is 0 Å². The number of hydrogen-bond donors (Lipinski definition) is 1. The highest BCUT2D eigenvalue weighted by Crippen LogP contribution is 2.34. The molecule has 0 radical (unpaired) electrons. The first kappa shape index (κ1) is 9.30. The van der Waals surface area contributed by atoms with Crippen molar-refractivity contribution in [3.05, 3.63) is 12.2 Å². The molecule has 15 heavy (non-hydrogen) atoms. The Bertz CT molecular complexity index is 351. The molecule has 2 saturated heterocycles. The van der Waals surface area contributed by atoms with Crippen molar-refractivity contribution in [1.82, 2.24) is 20.1 Å². The fourth-order valence-corrected chi connectivity index (χ4v) is 2.54. The lowest BCUT2D eigenvalue weighted by Crippen LogP contribution is -2.37. The van der Waals surface area contributed by atoms with Crippen LogP contribution in [-0.2, 0) is 18.3 Å².